The summed E-state index contributed by atoms with van der Waals surface area (Å²) in [6.07, 6.45) is 4.64. The molecule has 0 fully saturated rings. The van der Waals surface area contributed by atoms with Crippen LogP contribution >= 0.6 is 0 Å². The fraction of sp³-hybridized carbons (Fsp3) is 0.0714. The lowest BCUT2D eigenvalue weighted by Crippen LogP contribution is -2.07. The van der Waals surface area contributed by atoms with Gasteiger partial charge in [-0.25, -0.2) is 0 Å². The summed E-state index contributed by atoms with van der Waals surface area (Å²) in [5.41, 5.74) is 1.94. The summed E-state index contributed by atoms with van der Waals surface area (Å²) in [6, 6.07) is 11.2. The van der Waals surface area contributed by atoms with Crippen molar-refractivity contribution >= 4 is 17.7 Å². The topological polar surface area (TPSA) is 42.2 Å². The highest BCUT2D eigenvalue weighted by atomic mass is 16.3. The Morgan fingerprint density at radius 3 is 2.65 bits per heavy atom. The van der Waals surface area contributed by atoms with E-state index in [9.17, 15) is 4.79 Å². The zero-order valence-electron chi connectivity index (χ0n) is 9.51. The van der Waals surface area contributed by atoms with Crippen molar-refractivity contribution in [2.75, 3.05) is 5.32 Å². The second kappa shape index (κ2) is 5.16. The number of hydrogen-bond acceptors (Lipinski definition) is 2. The van der Waals surface area contributed by atoms with Gasteiger partial charge in [0.2, 0.25) is 5.91 Å². The zero-order chi connectivity index (χ0) is 12.1. The lowest BCUT2D eigenvalue weighted by atomic mass is 10.2. The Bertz CT molecular complexity index is 510. The molecule has 2 aromatic rings. The summed E-state index contributed by atoms with van der Waals surface area (Å²) >= 11 is 0. The quantitative estimate of drug-likeness (QED) is 0.818. The SMILES string of the molecule is Cc1ccc(NC(=O)/C=C/c2ccco2)cc1. The van der Waals surface area contributed by atoms with Gasteiger partial charge >= 0.3 is 0 Å². The molecule has 1 heterocycles. The van der Waals surface area contributed by atoms with Gasteiger partial charge in [-0.1, -0.05) is 17.7 Å². The van der Waals surface area contributed by atoms with Crippen LogP contribution < -0.4 is 5.32 Å². The lowest BCUT2D eigenvalue weighted by Gasteiger charge is -2.01. The maximum Gasteiger partial charge on any atom is 0.248 e. The minimum atomic E-state index is -0.176. The van der Waals surface area contributed by atoms with Crippen LogP contribution in [0.15, 0.2) is 53.2 Å². The van der Waals surface area contributed by atoms with E-state index in [-0.39, 0.29) is 5.91 Å². The number of benzene rings is 1. The highest BCUT2D eigenvalue weighted by molar-refractivity contribution is 6.01. The van der Waals surface area contributed by atoms with Crippen LogP contribution in [-0.2, 0) is 4.79 Å². The summed E-state index contributed by atoms with van der Waals surface area (Å²) in [5, 5.41) is 2.76. The lowest BCUT2D eigenvalue weighted by molar-refractivity contribution is -0.111. The van der Waals surface area contributed by atoms with E-state index in [2.05, 4.69) is 5.32 Å². The Morgan fingerprint density at radius 2 is 2.00 bits per heavy atom. The summed E-state index contributed by atoms with van der Waals surface area (Å²) in [7, 11) is 0. The van der Waals surface area contributed by atoms with Crippen molar-refractivity contribution in [2.45, 2.75) is 6.92 Å². The molecule has 0 unspecified atom stereocenters. The normalized spacial score (nSPS) is 10.6. The van der Waals surface area contributed by atoms with Crippen LogP contribution in [0.5, 0.6) is 0 Å². The van der Waals surface area contributed by atoms with Crippen molar-refractivity contribution in [3.8, 4) is 0 Å². The Balaban J connectivity index is 1.95. The number of carbonyl (C=O) groups excluding carboxylic acids is 1. The van der Waals surface area contributed by atoms with E-state index in [1.165, 1.54) is 6.08 Å². The molecule has 3 heteroatoms. The number of carbonyl (C=O) groups is 1. The van der Waals surface area contributed by atoms with Crippen LogP contribution in [0, 0.1) is 6.92 Å². The highest BCUT2D eigenvalue weighted by Gasteiger charge is 1.97. The number of hydrogen-bond donors (Lipinski definition) is 1. The van der Waals surface area contributed by atoms with Gasteiger partial charge in [-0.3, -0.25) is 4.79 Å². The van der Waals surface area contributed by atoms with E-state index in [1.54, 1.807) is 24.5 Å². The van der Waals surface area contributed by atoms with Gasteiger partial charge in [0, 0.05) is 11.8 Å². The highest BCUT2D eigenvalue weighted by Crippen LogP contribution is 2.09. The number of aryl methyl sites for hydroxylation is 1. The fourth-order valence-corrected chi connectivity index (χ4v) is 1.36. The number of amides is 1. The average Bonchev–Trinajstić information content (AvgIpc) is 2.83. The Kier molecular flexibility index (Phi) is 3.40. The molecular formula is C14H13NO2. The van der Waals surface area contributed by atoms with E-state index >= 15 is 0 Å². The molecule has 0 bridgehead atoms. The van der Waals surface area contributed by atoms with Gasteiger partial charge in [-0.15, -0.1) is 0 Å². The van der Waals surface area contributed by atoms with Gasteiger partial charge in [-0.05, 0) is 37.3 Å². The summed E-state index contributed by atoms with van der Waals surface area (Å²) in [6.45, 7) is 2.00. The number of anilines is 1. The standard InChI is InChI=1S/C14H13NO2/c1-11-4-6-12(7-5-11)15-14(16)9-8-13-3-2-10-17-13/h2-10H,1H3,(H,15,16)/b9-8+. The summed E-state index contributed by atoms with van der Waals surface area (Å²) < 4.78 is 5.08. The molecule has 1 N–H and O–H groups in total. The molecule has 1 aromatic carbocycles. The summed E-state index contributed by atoms with van der Waals surface area (Å²) in [5.74, 6) is 0.481. The van der Waals surface area contributed by atoms with Gasteiger partial charge < -0.3 is 9.73 Å². The van der Waals surface area contributed by atoms with Crippen molar-refractivity contribution in [3.63, 3.8) is 0 Å². The molecule has 17 heavy (non-hydrogen) atoms. The predicted molar refractivity (Wildman–Crippen MR) is 67.6 cm³/mol. The van der Waals surface area contributed by atoms with Crippen molar-refractivity contribution in [3.05, 3.63) is 60.1 Å². The molecule has 0 saturated carbocycles. The smallest absolute Gasteiger partial charge is 0.248 e. The van der Waals surface area contributed by atoms with Crippen LogP contribution in [0.2, 0.25) is 0 Å². The van der Waals surface area contributed by atoms with Crippen molar-refractivity contribution in [2.24, 2.45) is 0 Å². The molecule has 0 aliphatic carbocycles. The van der Waals surface area contributed by atoms with Crippen LogP contribution in [0.1, 0.15) is 11.3 Å². The van der Waals surface area contributed by atoms with E-state index in [1.807, 2.05) is 31.2 Å². The van der Waals surface area contributed by atoms with Gasteiger partial charge in [0.25, 0.3) is 0 Å². The third-order valence-corrected chi connectivity index (χ3v) is 2.26. The number of furan rings is 1. The molecule has 0 aliphatic heterocycles. The maximum absolute atomic E-state index is 11.6. The maximum atomic E-state index is 11.6. The molecule has 1 aromatic heterocycles. The zero-order valence-corrected chi connectivity index (χ0v) is 9.51. The average molecular weight is 227 g/mol. The van der Waals surface area contributed by atoms with Gasteiger partial charge in [0.1, 0.15) is 5.76 Å². The van der Waals surface area contributed by atoms with Crippen molar-refractivity contribution in [1.82, 2.24) is 0 Å². The Hall–Kier alpha value is -2.29. The van der Waals surface area contributed by atoms with Crippen LogP contribution in [0.3, 0.4) is 0 Å². The number of nitrogens with one attached hydrogen (secondary N) is 1. The summed E-state index contributed by atoms with van der Waals surface area (Å²) in [4.78, 5) is 11.6. The molecule has 0 radical (unpaired) electrons. The van der Waals surface area contributed by atoms with E-state index in [0.717, 1.165) is 11.3 Å². The first-order valence-electron chi connectivity index (χ1n) is 5.33. The fourth-order valence-electron chi connectivity index (χ4n) is 1.36. The largest absolute Gasteiger partial charge is 0.465 e. The minimum Gasteiger partial charge on any atom is -0.465 e. The molecular weight excluding hydrogens is 214 g/mol. The first-order chi connectivity index (χ1) is 8.24. The van der Waals surface area contributed by atoms with Crippen LogP contribution in [0.25, 0.3) is 6.08 Å². The Morgan fingerprint density at radius 1 is 1.24 bits per heavy atom. The molecule has 0 atom stereocenters. The minimum absolute atomic E-state index is 0.176. The Labute approximate surface area is 99.8 Å². The van der Waals surface area contributed by atoms with E-state index in [0.29, 0.717) is 5.76 Å². The molecule has 86 valence electrons. The van der Waals surface area contributed by atoms with Gasteiger partial charge in [0.05, 0.1) is 6.26 Å². The molecule has 0 saturated heterocycles. The molecule has 3 nitrogen and oxygen atoms in total. The third-order valence-electron chi connectivity index (χ3n) is 2.26. The molecule has 0 aliphatic rings. The molecule has 2 rings (SSSR count). The third kappa shape index (κ3) is 3.34. The molecule has 0 spiro atoms. The van der Waals surface area contributed by atoms with E-state index in [4.69, 9.17) is 4.42 Å². The van der Waals surface area contributed by atoms with E-state index < -0.39 is 0 Å². The monoisotopic (exact) mass is 227 g/mol. The van der Waals surface area contributed by atoms with Crippen LogP contribution in [0.4, 0.5) is 5.69 Å². The van der Waals surface area contributed by atoms with Gasteiger partial charge in [0.15, 0.2) is 0 Å². The first kappa shape index (κ1) is 11.2. The molecule has 1 amide bonds. The van der Waals surface area contributed by atoms with Crippen molar-refractivity contribution < 1.29 is 9.21 Å². The second-order valence-corrected chi connectivity index (χ2v) is 3.70. The van der Waals surface area contributed by atoms with Gasteiger partial charge in [-0.2, -0.15) is 0 Å². The van der Waals surface area contributed by atoms with Crippen LogP contribution in [-0.4, -0.2) is 5.91 Å². The predicted octanol–water partition coefficient (Wildman–Crippen LogP) is 3.24. The number of rotatable bonds is 3. The first-order valence-corrected chi connectivity index (χ1v) is 5.33. The second-order valence-electron chi connectivity index (χ2n) is 3.70. The van der Waals surface area contributed by atoms with Crippen molar-refractivity contribution in [1.29, 1.82) is 0 Å².